The molecule has 0 aliphatic carbocycles. The van der Waals surface area contributed by atoms with E-state index in [4.69, 9.17) is 9.47 Å². The maximum atomic E-state index is 13.0. The highest BCUT2D eigenvalue weighted by molar-refractivity contribution is 6.16. The van der Waals surface area contributed by atoms with Crippen LogP contribution < -0.4 is 0 Å². The van der Waals surface area contributed by atoms with Crippen molar-refractivity contribution in [3.8, 4) is 0 Å². The first-order valence-corrected chi connectivity index (χ1v) is 12.4. The topological polar surface area (TPSA) is 52.6 Å². The summed E-state index contributed by atoms with van der Waals surface area (Å²) in [6, 6.07) is 31.5. The maximum absolute atomic E-state index is 13.0. The molecule has 0 amide bonds. The van der Waals surface area contributed by atoms with Crippen molar-refractivity contribution in [1.82, 2.24) is 0 Å². The summed E-state index contributed by atoms with van der Waals surface area (Å²) in [6.07, 6.45) is 3.35. The molecular formula is C32H28O4. The van der Waals surface area contributed by atoms with Crippen LogP contribution in [-0.4, -0.2) is 25.2 Å². The van der Waals surface area contributed by atoms with Crippen LogP contribution in [0.2, 0.25) is 0 Å². The van der Waals surface area contributed by atoms with Crippen molar-refractivity contribution >= 4 is 44.3 Å². The van der Waals surface area contributed by atoms with Gasteiger partial charge >= 0.3 is 11.9 Å². The lowest BCUT2D eigenvalue weighted by atomic mass is 9.97. The average molecular weight is 477 g/mol. The standard InChI is InChI=1S/C32H28O4/c33-31(27-18-17-23-11-3-4-12-24(23)21-27)35-19-9-1-2-10-20-36-32(34)30-28-15-7-5-13-25(28)22-26-14-6-8-16-29(26)30/h3-8,11-18,21-22H,1-2,9-10,19-20H2. The molecule has 36 heavy (non-hydrogen) atoms. The van der Waals surface area contributed by atoms with Crippen molar-refractivity contribution in [3.63, 3.8) is 0 Å². The Bertz CT molecular complexity index is 1480. The molecule has 0 atom stereocenters. The number of carbonyl (C=O) groups is 2. The summed E-state index contributed by atoms with van der Waals surface area (Å²) in [4.78, 5) is 25.4. The highest BCUT2D eigenvalue weighted by Gasteiger charge is 2.16. The van der Waals surface area contributed by atoms with E-state index < -0.39 is 0 Å². The number of hydrogen-bond acceptors (Lipinski definition) is 4. The fourth-order valence-electron chi connectivity index (χ4n) is 4.59. The van der Waals surface area contributed by atoms with Gasteiger partial charge in [-0.15, -0.1) is 0 Å². The predicted molar refractivity (Wildman–Crippen MR) is 144 cm³/mol. The molecule has 4 heteroatoms. The molecular weight excluding hydrogens is 448 g/mol. The van der Waals surface area contributed by atoms with Gasteiger partial charge in [-0.1, -0.05) is 78.9 Å². The molecule has 0 heterocycles. The second kappa shape index (κ2) is 11.0. The van der Waals surface area contributed by atoms with E-state index in [2.05, 4.69) is 6.07 Å². The molecule has 5 aromatic carbocycles. The van der Waals surface area contributed by atoms with Crippen LogP contribution in [0.1, 0.15) is 46.4 Å². The van der Waals surface area contributed by atoms with E-state index in [1.54, 1.807) is 6.07 Å². The van der Waals surface area contributed by atoms with Gasteiger partial charge in [0.2, 0.25) is 0 Å². The third-order valence-electron chi connectivity index (χ3n) is 6.47. The summed E-state index contributed by atoms with van der Waals surface area (Å²) < 4.78 is 11.1. The van der Waals surface area contributed by atoms with Gasteiger partial charge < -0.3 is 9.47 Å². The Balaban J connectivity index is 1.07. The van der Waals surface area contributed by atoms with E-state index in [1.165, 1.54) is 0 Å². The van der Waals surface area contributed by atoms with E-state index in [0.29, 0.717) is 24.3 Å². The fourth-order valence-corrected chi connectivity index (χ4v) is 4.59. The Labute approximate surface area is 210 Å². The number of fused-ring (bicyclic) bond motifs is 3. The molecule has 0 aliphatic rings. The third-order valence-corrected chi connectivity index (χ3v) is 6.47. The third kappa shape index (κ3) is 5.23. The Morgan fingerprint density at radius 3 is 1.67 bits per heavy atom. The number of benzene rings is 5. The first-order chi connectivity index (χ1) is 17.7. The lowest BCUT2D eigenvalue weighted by Crippen LogP contribution is -2.08. The zero-order valence-electron chi connectivity index (χ0n) is 20.1. The number of ether oxygens (including phenoxy) is 2. The lowest BCUT2D eigenvalue weighted by molar-refractivity contribution is 0.0476. The molecule has 5 aromatic rings. The first kappa shape index (κ1) is 23.6. The van der Waals surface area contributed by atoms with Crippen LogP contribution in [0, 0.1) is 0 Å². The smallest absolute Gasteiger partial charge is 0.339 e. The van der Waals surface area contributed by atoms with Crippen LogP contribution in [0.3, 0.4) is 0 Å². The van der Waals surface area contributed by atoms with Crippen molar-refractivity contribution in [2.45, 2.75) is 25.7 Å². The van der Waals surface area contributed by atoms with E-state index in [0.717, 1.165) is 58.0 Å². The van der Waals surface area contributed by atoms with Crippen LogP contribution in [-0.2, 0) is 9.47 Å². The van der Waals surface area contributed by atoms with Gasteiger partial charge in [0.15, 0.2) is 0 Å². The number of hydrogen-bond donors (Lipinski definition) is 0. The van der Waals surface area contributed by atoms with Gasteiger partial charge in [0.05, 0.1) is 24.3 Å². The molecule has 0 saturated heterocycles. The van der Waals surface area contributed by atoms with E-state index in [-0.39, 0.29) is 11.9 Å². The maximum Gasteiger partial charge on any atom is 0.339 e. The molecule has 0 unspecified atom stereocenters. The molecule has 180 valence electrons. The SMILES string of the molecule is O=C(OCCCCCCOC(=O)c1c2ccccc2cc2ccccc12)c1ccc2ccccc2c1. The summed E-state index contributed by atoms with van der Waals surface area (Å²) in [5.74, 6) is -0.579. The molecule has 0 radical (unpaired) electrons. The number of unbranched alkanes of at least 4 members (excludes halogenated alkanes) is 3. The zero-order valence-corrected chi connectivity index (χ0v) is 20.1. The van der Waals surface area contributed by atoms with Crippen LogP contribution in [0.25, 0.3) is 32.3 Å². The summed E-state index contributed by atoms with van der Waals surface area (Å²) in [5.41, 5.74) is 1.20. The van der Waals surface area contributed by atoms with Crippen molar-refractivity contribution in [2.75, 3.05) is 13.2 Å². The van der Waals surface area contributed by atoms with E-state index in [1.807, 2.05) is 84.9 Å². The zero-order chi connectivity index (χ0) is 24.7. The second-order valence-corrected chi connectivity index (χ2v) is 8.94. The highest BCUT2D eigenvalue weighted by Crippen LogP contribution is 2.29. The van der Waals surface area contributed by atoms with E-state index in [9.17, 15) is 9.59 Å². The second-order valence-electron chi connectivity index (χ2n) is 8.94. The quantitative estimate of drug-likeness (QED) is 0.124. The van der Waals surface area contributed by atoms with Crippen LogP contribution in [0.5, 0.6) is 0 Å². The summed E-state index contributed by atoms with van der Waals surface area (Å²) in [5, 5.41) is 6.01. The molecule has 0 fully saturated rings. The van der Waals surface area contributed by atoms with Crippen molar-refractivity contribution in [1.29, 1.82) is 0 Å². The molecule has 0 aromatic heterocycles. The van der Waals surface area contributed by atoms with Crippen molar-refractivity contribution in [2.24, 2.45) is 0 Å². The van der Waals surface area contributed by atoms with Crippen LogP contribution >= 0.6 is 0 Å². The summed E-state index contributed by atoms with van der Waals surface area (Å²) in [6.45, 7) is 0.751. The average Bonchev–Trinajstić information content (AvgIpc) is 2.92. The van der Waals surface area contributed by atoms with Crippen molar-refractivity contribution in [3.05, 3.63) is 108 Å². The minimum absolute atomic E-state index is 0.285. The van der Waals surface area contributed by atoms with Gasteiger partial charge in [0.25, 0.3) is 0 Å². The van der Waals surface area contributed by atoms with Gasteiger partial charge in [0.1, 0.15) is 0 Å². The van der Waals surface area contributed by atoms with Gasteiger partial charge in [-0.3, -0.25) is 0 Å². The predicted octanol–water partition coefficient (Wildman–Crippen LogP) is 7.72. The minimum atomic E-state index is -0.294. The molecule has 0 spiro atoms. The molecule has 0 saturated carbocycles. The molecule has 0 bridgehead atoms. The van der Waals surface area contributed by atoms with Gasteiger partial charge in [-0.2, -0.15) is 0 Å². The van der Waals surface area contributed by atoms with Gasteiger partial charge in [0, 0.05) is 0 Å². The summed E-state index contributed by atoms with van der Waals surface area (Å²) in [7, 11) is 0. The van der Waals surface area contributed by atoms with E-state index >= 15 is 0 Å². The number of rotatable bonds is 9. The monoisotopic (exact) mass is 476 g/mol. The Hall–Kier alpha value is -4.18. The van der Waals surface area contributed by atoms with Crippen molar-refractivity contribution < 1.29 is 19.1 Å². The first-order valence-electron chi connectivity index (χ1n) is 12.4. The molecule has 0 aliphatic heterocycles. The van der Waals surface area contributed by atoms with Gasteiger partial charge in [-0.05, 0) is 76.2 Å². The van der Waals surface area contributed by atoms with Gasteiger partial charge in [-0.25, -0.2) is 9.59 Å². The fraction of sp³-hybridized carbons (Fsp3) is 0.188. The van der Waals surface area contributed by atoms with Crippen LogP contribution in [0.4, 0.5) is 0 Å². The minimum Gasteiger partial charge on any atom is -0.462 e. The normalized spacial score (nSPS) is 11.1. The molecule has 4 nitrogen and oxygen atoms in total. The lowest BCUT2D eigenvalue weighted by Gasteiger charge is -2.11. The molecule has 0 N–H and O–H groups in total. The Morgan fingerprint density at radius 1 is 0.500 bits per heavy atom. The Morgan fingerprint density at radius 2 is 1.03 bits per heavy atom. The number of esters is 2. The summed E-state index contributed by atoms with van der Waals surface area (Å²) >= 11 is 0. The Kier molecular flexibility index (Phi) is 7.23. The largest absolute Gasteiger partial charge is 0.462 e. The number of carbonyl (C=O) groups excluding carboxylic acids is 2. The molecule has 5 rings (SSSR count). The van der Waals surface area contributed by atoms with Crippen LogP contribution in [0.15, 0.2) is 97.1 Å². The highest BCUT2D eigenvalue weighted by atomic mass is 16.5.